The fourth-order valence-corrected chi connectivity index (χ4v) is 4.48. The second-order valence-electron chi connectivity index (χ2n) is 6.84. The van der Waals surface area contributed by atoms with Crippen LogP contribution < -0.4 is 5.32 Å². The first-order valence-electron chi connectivity index (χ1n) is 8.82. The number of nitrogens with one attached hydrogen (secondary N) is 1. The molecule has 1 amide bonds. The number of hydrogen-bond acceptors (Lipinski definition) is 3. The summed E-state index contributed by atoms with van der Waals surface area (Å²) >= 11 is 0. The molecule has 0 unspecified atom stereocenters. The predicted molar refractivity (Wildman–Crippen MR) is 93.2 cm³/mol. The molecule has 0 heterocycles. The van der Waals surface area contributed by atoms with Crippen LogP contribution in [0.5, 0.6) is 0 Å². The van der Waals surface area contributed by atoms with E-state index in [1.165, 1.54) is 18.6 Å². The highest BCUT2D eigenvalue weighted by Gasteiger charge is 2.31. The number of alkyl halides is 3. The van der Waals surface area contributed by atoms with Crippen LogP contribution in [0.1, 0.15) is 56.1 Å². The average molecular weight is 391 g/mol. The van der Waals surface area contributed by atoms with Crippen molar-refractivity contribution in [3.8, 4) is 0 Å². The summed E-state index contributed by atoms with van der Waals surface area (Å²) in [6.45, 7) is 0. The number of amides is 1. The maximum Gasteiger partial charge on any atom is 0.416 e. The molecule has 0 bridgehead atoms. The van der Waals surface area contributed by atoms with Crippen molar-refractivity contribution in [1.29, 1.82) is 0 Å². The second kappa shape index (κ2) is 8.88. The van der Waals surface area contributed by atoms with Gasteiger partial charge in [-0.1, -0.05) is 50.3 Å². The first kappa shape index (κ1) is 20.7. The van der Waals surface area contributed by atoms with Crippen molar-refractivity contribution in [1.82, 2.24) is 5.32 Å². The maximum absolute atomic E-state index is 12.7. The van der Waals surface area contributed by atoms with Crippen LogP contribution >= 0.6 is 0 Å². The number of hydrogen-bond donors (Lipinski definition) is 1. The zero-order valence-electron chi connectivity index (χ0n) is 14.5. The number of carbonyl (C=O) groups excluding carboxylic acids is 1. The highest BCUT2D eigenvalue weighted by atomic mass is 32.2. The van der Waals surface area contributed by atoms with E-state index in [1.54, 1.807) is 0 Å². The molecule has 0 aliphatic heterocycles. The van der Waals surface area contributed by atoms with E-state index in [4.69, 9.17) is 0 Å². The van der Waals surface area contributed by atoms with Crippen molar-refractivity contribution in [2.24, 2.45) is 0 Å². The molecule has 1 aliphatic rings. The molecule has 26 heavy (non-hydrogen) atoms. The molecule has 1 N–H and O–H groups in total. The highest BCUT2D eigenvalue weighted by molar-refractivity contribution is 7.91. The van der Waals surface area contributed by atoms with Crippen molar-refractivity contribution in [2.45, 2.75) is 62.9 Å². The van der Waals surface area contributed by atoms with Crippen molar-refractivity contribution in [2.75, 3.05) is 5.75 Å². The molecule has 1 fully saturated rings. The Morgan fingerprint density at radius 2 is 1.69 bits per heavy atom. The van der Waals surface area contributed by atoms with E-state index in [-0.39, 0.29) is 11.6 Å². The van der Waals surface area contributed by atoms with Gasteiger partial charge in [0.1, 0.15) is 5.75 Å². The minimum Gasteiger partial charge on any atom is -0.352 e. The monoisotopic (exact) mass is 391 g/mol. The van der Waals surface area contributed by atoms with Gasteiger partial charge in [-0.05, 0) is 24.5 Å². The van der Waals surface area contributed by atoms with E-state index in [9.17, 15) is 26.4 Å². The number of rotatable bonds is 5. The zero-order chi connectivity index (χ0) is 19.2. The molecule has 1 aliphatic carbocycles. The molecular weight excluding hydrogens is 367 g/mol. The number of carbonyl (C=O) groups is 1. The third kappa shape index (κ3) is 6.97. The maximum atomic E-state index is 12.7. The summed E-state index contributed by atoms with van der Waals surface area (Å²) < 4.78 is 62.5. The molecular formula is C18H24F3NO3S. The summed E-state index contributed by atoms with van der Waals surface area (Å²) in [6, 6.07) is 4.16. The van der Waals surface area contributed by atoms with Crippen LogP contribution in [-0.4, -0.2) is 26.1 Å². The van der Waals surface area contributed by atoms with E-state index in [0.717, 1.165) is 50.7 Å². The Hall–Kier alpha value is -1.57. The van der Waals surface area contributed by atoms with Crippen LogP contribution in [0.25, 0.3) is 0 Å². The van der Waals surface area contributed by atoms with Crippen LogP contribution in [0.3, 0.4) is 0 Å². The van der Waals surface area contributed by atoms with E-state index in [2.05, 4.69) is 5.32 Å². The van der Waals surface area contributed by atoms with Gasteiger partial charge in [0.25, 0.3) is 0 Å². The summed E-state index contributed by atoms with van der Waals surface area (Å²) in [4.78, 5) is 12.1. The number of halogens is 3. The van der Waals surface area contributed by atoms with Gasteiger partial charge >= 0.3 is 6.18 Å². The molecule has 1 aromatic rings. The molecule has 0 aromatic heterocycles. The number of benzene rings is 1. The predicted octanol–water partition coefficient (Wildman–Crippen LogP) is 3.85. The lowest BCUT2D eigenvalue weighted by atomic mass is 9.97. The molecule has 0 radical (unpaired) electrons. The number of sulfone groups is 1. The Morgan fingerprint density at radius 1 is 1.08 bits per heavy atom. The van der Waals surface area contributed by atoms with Crippen LogP contribution in [0.4, 0.5) is 13.2 Å². The summed E-state index contributed by atoms with van der Waals surface area (Å²) in [6.07, 6.45) is 2.55. The van der Waals surface area contributed by atoms with Crippen molar-refractivity contribution >= 4 is 15.7 Å². The molecule has 2 rings (SSSR count). The quantitative estimate of drug-likeness (QED) is 0.829. The van der Waals surface area contributed by atoms with Gasteiger partial charge in [0.05, 0.1) is 11.3 Å². The SMILES string of the molecule is O=C(CS(=O)(=O)Cc1cccc(C(F)(F)F)c1)NC1CCCCCCC1. The Balaban J connectivity index is 1.94. The molecule has 146 valence electrons. The van der Waals surface area contributed by atoms with E-state index in [1.807, 2.05) is 0 Å². The smallest absolute Gasteiger partial charge is 0.352 e. The topological polar surface area (TPSA) is 63.2 Å². The molecule has 8 heteroatoms. The van der Waals surface area contributed by atoms with Gasteiger partial charge in [0.2, 0.25) is 5.91 Å². The fourth-order valence-electron chi connectivity index (χ4n) is 3.21. The van der Waals surface area contributed by atoms with Gasteiger partial charge in [-0.15, -0.1) is 0 Å². The van der Waals surface area contributed by atoms with Crippen LogP contribution in [-0.2, 0) is 26.6 Å². The van der Waals surface area contributed by atoms with Gasteiger partial charge in [0, 0.05) is 6.04 Å². The average Bonchev–Trinajstić information content (AvgIpc) is 2.48. The van der Waals surface area contributed by atoms with Crippen LogP contribution in [0, 0.1) is 0 Å². The molecule has 1 saturated carbocycles. The second-order valence-corrected chi connectivity index (χ2v) is 8.90. The third-order valence-corrected chi connectivity index (χ3v) is 5.94. The van der Waals surface area contributed by atoms with E-state index in [0.29, 0.717) is 0 Å². The van der Waals surface area contributed by atoms with Gasteiger partial charge in [-0.2, -0.15) is 13.2 Å². The summed E-state index contributed by atoms with van der Waals surface area (Å²) in [5.74, 6) is -1.88. The Kier molecular flexibility index (Phi) is 7.08. The van der Waals surface area contributed by atoms with Gasteiger partial charge in [0.15, 0.2) is 9.84 Å². The largest absolute Gasteiger partial charge is 0.416 e. The van der Waals surface area contributed by atoms with E-state index < -0.39 is 39.0 Å². The summed E-state index contributed by atoms with van der Waals surface area (Å²) in [7, 11) is -3.84. The Labute approximate surface area is 152 Å². The molecule has 1 aromatic carbocycles. The van der Waals surface area contributed by atoms with Crippen LogP contribution in [0.2, 0.25) is 0 Å². The standard InChI is InChI=1S/C18H24F3NO3S/c19-18(20,21)15-8-6-7-14(11-15)12-26(24,25)13-17(23)22-16-9-4-2-1-3-5-10-16/h6-8,11,16H,1-5,9-10,12-13H2,(H,22,23). The fraction of sp³-hybridized carbons (Fsp3) is 0.611. The summed E-state index contributed by atoms with van der Waals surface area (Å²) in [5, 5.41) is 2.77. The lowest BCUT2D eigenvalue weighted by molar-refractivity contribution is -0.137. The van der Waals surface area contributed by atoms with E-state index >= 15 is 0 Å². The minimum atomic E-state index is -4.53. The van der Waals surface area contributed by atoms with Gasteiger partial charge in [-0.3, -0.25) is 4.79 Å². The molecule has 0 spiro atoms. The van der Waals surface area contributed by atoms with Gasteiger partial charge < -0.3 is 5.32 Å². The first-order chi connectivity index (χ1) is 12.2. The lowest BCUT2D eigenvalue weighted by Crippen LogP contribution is -2.39. The van der Waals surface area contributed by atoms with Crippen molar-refractivity contribution in [3.05, 3.63) is 35.4 Å². The van der Waals surface area contributed by atoms with Gasteiger partial charge in [-0.25, -0.2) is 8.42 Å². The minimum absolute atomic E-state index is 0.0217. The molecule has 0 saturated heterocycles. The van der Waals surface area contributed by atoms with Crippen LogP contribution in [0.15, 0.2) is 24.3 Å². The normalized spacial score (nSPS) is 17.3. The lowest BCUT2D eigenvalue weighted by Gasteiger charge is -2.21. The zero-order valence-corrected chi connectivity index (χ0v) is 15.3. The molecule has 0 atom stereocenters. The molecule has 4 nitrogen and oxygen atoms in total. The first-order valence-corrected chi connectivity index (χ1v) is 10.6. The summed E-state index contributed by atoms with van der Waals surface area (Å²) in [5.41, 5.74) is -0.872. The Bertz CT molecular complexity index is 709. The van der Waals surface area contributed by atoms with Crippen molar-refractivity contribution < 1.29 is 26.4 Å². The van der Waals surface area contributed by atoms with Crippen molar-refractivity contribution in [3.63, 3.8) is 0 Å². The third-order valence-electron chi connectivity index (χ3n) is 4.46. The highest BCUT2D eigenvalue weighted by Crippen LogP contribution is 2.29. The Morgan fingerprint density at radius 3 is 2.31 bits per heavy atom.